The molecular weight excluding hydrogens is 392 g/mol. The van der Waals surface area contributed by atoms with Gasteiger partial charge in [-0.1, -0.05) is 12.1 Å². The zero-order chi connectivity index (χ0) is 21.6. The number of aryl methyl sites for hydroxylation is 1. The Balaban J connectivity index is 1.76. The first-order valence-electron chi connectivity index (χ1n) is 10.4. The maximum atomic E-state index is 6.00. The van der Waals surface area contributed by atoms with Crippen LogP contribution in [0, 0.1) is 6.92 Å². The molecule has 8 nitrogen and oxygen atoms in total. The van der Waals surface area contributed by atoms with Gasteiger partial charge in [-0.15, -0.1) is 0 Å². The Kier molecular flexibility index (Phi) is 6.59. The standard InChI is InChI=1S/C23H28N6O2/c1-17-4-3-5-19(12-17)25-15-18(14-24)20-13-21(28-7-10-31-11-8-28)22-23(27-20)29(16-26-22)6-9-30-2/h3-5,12-16H,6-11,24H2,1-2H3/b18-14+,25-15?. The van der Waals surface area contributed by atoms with Crippen molar-refractivity contribution < 1.29 is 9.47 Å². The Bertz CT molecular complexity index is 1100. The van der Waals surface area contributed by atoms with Crippen LogP contribution in [0.4, 0.5) is 11.4 Å². The van der Waals surface area contributed by atoms with E-state index in [2.05, 4.69) is 14.9 Å². The number of ether oxygens (including phenoxy) is 2. The molecule has 1 aliphatic heterocycles. The summed E-state index contributed by atoms with van der Waals surface area (Å²) in [4.78, 5) is 16.4. The van der Waals surface area contributed by atoms with Crippen LogP contribution in [0.5, 0.6) is 0 Å². The van der Waals surface area contributed by atoms with E-state index in [1.54, 1.807) is 19.5 Å². The normalized spacial score (nSPS) is 15.3. The van der Waals surface area contributed by atoms with Gasteiger partial charge in [-0.2, -0.15) is 0 Å². The minimum atomic E-state index is 0.582. The van der Waals surface area contributed by atoms with Gasteiger partial charge in [0.25, 0.3) is 0 Å². The lowest BCUT2D eigenvalue weighted by atomic mass is 10.1. The van der Waals surface area contributed by atoms with Crippen molar-refractivity contribution >= 4 is 34.3 Å². The number of aliphatic imine (C=N–C) groups is 1. The number of methoxy groups -OCH3 is 1. The van der Waals surface area contributed by atoms with Gasteiger partial charge >= 0.3 is 0 Å². The van der Waals surface area contributed by atoms with E-state index >= 15 is 0 Å². The first-order valence-corrected chi connectivity index (χ1v) is 10.4. The van der Waals surface area contributed by atoms with Crippen molar-refractivity contribution in [1.82, 2.24) is 14.5 Å². The Morgan fingerprint density at radius 3 is 2.87 bits per heavy atom. The van der Waals surface area contributed by atoms with Crippen molar-refractivity contribution in [3.63, 3.8) is 0 Å². The summed E-state index contributed by atoms with van der Waals surface area (Å²) < 4.78 is 12.8. The number of hydrogen-bond acceptors (Lipinski definition) is 7. The number of allylic oxidation sites excluding steroid dienone is 1. The molecular formula is C23H28N6O2. The van der Waals surface area contributed by atoms with Crippen LogP contribution in [-0.4, -0.2) is 60.8 Å². The Morgan fingerprint density at radius 1 is 1.29 bits per heavy atom. The molecule has 3 heterocycles. The number of fused-ring (bicyclic) bond motifs is 1. The lowest BCUT2D eigenvalue weighted by molar-refractivity contribution is 0.123. The highest BCUT2D eigenvalue weighted by molar-refractivity contribution is 6.10. The Hall–Kier alpha value is -3.23. The topological polar surface area (TPSA) is 90.8 Å². The lowest BCUT2D eigenvalue weighted by Crippen LogP contribution is -2.36. The zero-order valence-electron chi connectivity index (χ0n) is 18.0. The van der Waals surface area contributed by atoms with E-state index in [1.807, 2.05) is 48.1 Å². The van der Waals surface area contributed by atoms with Crippen molar-refractivity contribution in [2.45, 2.75) is 13.5 Å². The molecule has 2 aromatic heterocycles. The maximum Gasteiger partial charge on any atom is 0.162 e. The van der Waals surface area contributed by atoms with E-state index in [1.165, 1.54) is 0 Å². The smallest absolute Gasteiger partial charge is 0.162 e. The van der Waals surface area contributed by atoms with E-state index in [4.69, 9.17) is 20.2 Å². The number of anilines is 1. The number of benzene rings is 1. The highest BCUT2D eigenvalue weighted by Gasteiger charge is 2.19. The lowest BCUT2D eigenvalue weighted by Gasteiger charge is -2.29. The molecule has 1 aliphatic rings. The van der Waals surface area contributed by atoms with Gasteiger partial charge in [0.1, 0.15) is 5.52 Å². The molecule has 0 unspecified atom stereocenters. The first kappa shape index (κ1) is 21.0. The molecule has 0 bridgehead atoms. The summed E-state index contributed by atoms with van der Waals surface area (Å²) >= 11 is 0. The number of aromatic nitrogens is 3. The Morgan fingerprint density at radius 2 is 2.13 bits per heavy atom. The summed E-state index contributed by atoms with van der Waals surface area (Å²) in [5.41, 5.74) is 12.2. The van der Waals surface area contributed by atoms with Crippen LogP contribution in [0.15, 0.2) is 47.9 Å². The molecule has 4 rings (SSSR count). The van der Waals surface area contributed by atoms with Gasteiger partial charge in [0.15, 0.2) is 5.65 Å². The molecule has 2 N–H and O–H groups in total. The maximum absolute atomic E-state index is 6.00. The quantitative estimate of drug-likeness (QED) is 0.591. The molecule has 1 fully saturated rings. The molecule has 1 aromatic carbocycles. The molecule has 0 saturated carbocycles. The fourth-order valence-corrected chi connectivity index (χ4v) is 3.61. The second kappa shape index (κ2) is 9.72. The highest BCUT2D eigenvalue weighted by atomic mass is 16.5. The SMILES string of the molecule is COCCn1cnc2c(N3CCOCC3)cc(/C(C=Nc3cccc(C)c3)=C/N)nc21. The van der Waals surface area contributed by atoms with Crippen molar-refractivity contribution in [2.24, 2.45) is 10.7 Å². The van der Waals surface area contributed by atoms with Crippen molar-refractivity contribution in [3.8, 4) is 0 Å². The molecule has 1 saturated heterocycles. The van der Waals surface area contributed by atoms with Crippen LogP contribution >= 0.6 is 0 Å². The van der Waals surface area contributed by atoms with E-state index < -0.39 is 0 Å². The number of morpholine rings is 1. The molecule has 0 amide bonds. The molecule has 8 heteroatoms. The number of nitrogens with two attached hydrogens (primary N) is 1. The van der Waals surface area contributed by atoms with Gasteiger partial charge in [-0.25, -0.2) is 9.97 Å². The van der Waals surface area contributed by atoms with Crippen LogP contribution in [-0.2, 0) is 16.0 Å². The van der Waals surface area contributed by atoms with Gasteiger partial charge in [-0.05, 0) is 30.7 Å². The van der Waals surface area contributed by atoms with Crippen molar-refractivity contribution in [2.75, 3.05) is 44.9 Å². The number of hydrogen-bond donors (Lipinski definition) is 1. The fraction of sp³-hybridized carbons (Fsp3) is 0.348. The van der Waals surface area contributed by atoms with Crippen LogP contribution in [0.2, 0.25) is 0 Å². The third-order valence-corrected chi connectivity index (χ3v) is 5.27. The Labute approximate surface area is 182 Å². The average molecular weight is 421 g/mol. The van der Waals surface area contributed by atoms with Gasteiger partial charge in [-0.3, -0.25) is 4.99 Å². The summed E-state index contributed by atoms with van der Waals surface area (Å²) in [6.45, 7) is 6.30. The second-order valence-corrected chi connectivity index (χ2v) is 7.45. The van der Waals surface area contributed by atoms with E-state index in [-0.39, 0.29) is 0 Å². The minimum Gasteiger partial charge on any atom is -0.404 e. The summed E-state index contributed by atoms with van der Waals surface area (Å²) in [5, 5.41) is 0. The monoisotopic (exact) mass is 420 g/mol. The number of imidazole rings is 1. The molecule has 0 radical (unpaired) electrons. The van der Waals surface area contributed by atoms with Crippen LogP contribution in [0.1, 0.15) is 11.3 Å². The average Bonchev–Trinajstić information content (AvgIpc) is 3.21. The molecule has 31 heavy (non-hydrogen) atoms. The predicted octanol–water partition coefficient (Wildman–Crippen LogP) is 2.92. The van der Waals surface area contributed by atoms with Crippen molar-refractivity contribution in [3.05, 3.63) is 54.1 Å². The third kappa shape index (κ3) is 4.76. The van der Waals surface area contributed by atoms with Gasteiger partial charge < -0.3 is 24.7 Å². The molecule has 162 valence electrons. The van der Waals surface area contributed by atoms with Crippen LogP contribution in [0.25, 0.3) is 16.7 Å². The number of pyridine rings is 1. The molecule has 3 aromatic rings. The number of nitrogens with zero attached hydrogens (tertiary/aromatic N) is 5. The van der Waals surface area contributed by atoms with Gasteiger partial charge in [0.2, 0.25) is 0 Å². The fourth-order valence-electron chi connectivity index (χ4n) is 3.61. The van der Waals surface area contributed by atoms with E-state index in [0.717, 1.165) is 52.5 Å². The first-order chi connectivity index (χ1) is 15.2. The van der Waals surface area contributed by atoms with E-state index in [9.17, 15) is 0 Å². The van der Waals surface area contributed by atoms with E-state index in [0.29, 0.717) is 26.4 Å². The third-order valence-electron chi connectivity index (χ3n) is 5.27. The molecule has 0 atom stereocenters. The van der Waals surface area contributed by atoms with Crippen LogP contribution in [0.3, 0.4) is 0 Å². The number of rotatable bonds is 7. The highest BCUT2D eigenvalue weighted by Crippen LogP contribution is 2.29. The van der Waals surface area contributed by atoms with Gasteiger partial charge in [0.05, 0.1) is 43.2 Å². The molecule has 0 spiro atoms. The van der Waals surface area contributed by atoms with Crippen LogP contribution < -0.4 is 10.6 Å². The predicted molar refractivity (Wildman–Crippen MR) is 124 cm³/mol. The second-order valence-electron chi connectivity index (χ2n) is 7.45. The van der Waals surface area contributed by atoms with Gasteiger partial charge in [0, 0.05) is 44.7 Å². The van der Waals surface area contributed by atoms with Crippen molar-refractivity contribution in [1.29, 1.82) is 0 Å². The largest absolute Gasteiger partial charge is 0.404 e. The zero-order valence-corrected chi connectivity index (χ0v) is 18.0. The summed E-state index contributed by atoms with van der Waals surface area (Å²) in [5.74, 6) is 0. The summed E-state index contributed by atoms with van der Waals surface area (Å²) in [6.07, 6.45) is 5.13. The summed E-state index contributed by atoms with van der Waals surface area (Å²) in [7, 11) is 1.69. The molecule has 0 aliphatic carbocycles. The minimum absolute atomic E-state index is 0.582. The summed E-state index contributed by atoms with van der Waals surface area (Å²) in [6, 6.07) is 10.1.